The van der Waals surface area contributed by atoms with Crippen LogP contribution in [0.15, 0.2) is 59.8 Å². The lowest BCUT2D eigenvalue weighted by Crippen LogP contribution is -2.06. The minimum atomic E-state index is -3.42. The molecule has 1 heterocycles. The molecule has 0 atom stereocenters. The third-order valence-corrected chi connectivity index (χ3v) is 5.16. The highest BCUT2D eigenvalue weighted by molar-refractivity contribution is 7.90. The Morgan fingerprint density at radius 1 is 1.19 bits per heavy atom. The largest absolute Gasteiger partial charge is 0.294 e. The van der Waals surface area contributed by atoms with Gasteiger partial charge in [-0.3, -0.25) is 4.79 Å². The van der Waals surface area contributed by atoms with Crippen molar-refractivity contribution in [2.75, 3.05) is 6.26 Å². The SMILES string of the molecule is Cc1ccc(F)cc1C(=O)Cc1cnn(-c2ccccc2S(C)(=O)=O)c1. The maximum atomic E-state index is 13.4. The van der Waals surface area contributed by atoms with E-state index in [1.54, 1.807) is 37.4 Å². The van der Waals surface area contributed by atoms with Crippen molar-refractivity contribution in [2.45, 2.75) is 18.2 Å². The van der Waals surface area contributed by atoms with Crippen LogP contribution in [0, 0.1) is 12.7 Å². The second-order valence-corrected chi connectivity index (χ2v) is 8.08. The van der Waals surface area contributed by atoms with E-state index in [1.165, 1.54) is 29.1 Å². The lowest BCUT2D eigenvalue weighted by Gasteiger charge is -2.07. The molecule has 0 radical (unpaired) electrons. The van der Waals surface area contributed by atoms with Crippen molar-refractivity contribution >= 4 is 15.6 Å². The molecule has 0 aliphatic carbocycles. The molecular weight excluding hydrogens is 355 g/mol. The van der Waals surface area contributed by atoms with Crippen LogP contribution in [0.4, 0.5) is 4.39 Å². The number of Topliss-reactive ketones (excluding diaryl/α,β-unsaturated/α-hetero) is 1. The topological polar surface area (TPSA) is 69.0 Å². The molecule has 26 heavy (non-hydrogen) atoms. The van der Waals surface area contributed by atoms with Crippen LogP contribution in [0.25, 0.3) is 5.69 Å². The summed E-state index contributed by atoms with van der Waals surface area (Å²) in [5.74, 6) is -0.685. The van der Waals surface area contributed by atoms with Crippen LogP contribution < -0.4 is 0 Å². The third kappa shape index (κ3) is 3.72. The molecule has 0 N–H and O–H groups in total. The van der Waals surface area contributed by atoms with E-state index in [9.17, 15) is 17.6 Å². The maximum Gasteiger partial charge on any atom is 0.177 e. The van der Waals surface area contributed by atoms with E-state index < -0.39 is 15.7 Å². The minimum Gasteiger partial charge on any atom is -0.294 e. The van der Waals surface area contributed by atoms with E-state index in [0.717, 1.165) is 6.26 Å². The van der Waals surface area contributed by atoms with E-state index >= 15 is 0 Å². The summed E-state index contributed by atoms with van der Waals surface area (Å²) < 4.78 is 38.7. The Labute approximate surface area is 151 Å². The Morgan fingerprint density at radius 2 is 1.92 bits per heavy atom. The number of aryl methyl sites for hydroxylation is 1. The van der Waals surface area contributed by atoms with Gasteiger partial charge in [0.05, 0.1) is 16.8 Å². The quantitative estimate of drug-likeness (QED) is 0.645. The molecule has 0 amide bonds. The van der Waals surface area contributed by atoms with Crippen LogP contribution in [0.2, 0.25) is 0 Å². The molecule has 0 aliphatic heterocycles. The Kier molecular flexibility index (Phi) is 4.73. The number of sulfone groups is 1. The van der Waals surface area contributed by atoms with Gasteiger partial charge in [-0.15, -0.1) is 0 Å². The number of hydrogen-bond donors (Lipinski definition) is 0. The molecule has 3 rings (SSSR count). The number of carbonyl (C=O) groups excluding carboxylic acids is 1. The van der Waals surface area contributed by atoms with Crippen molar-refractivity contribution in [1.82, 2.24) is 9.78 Å². The number of benzene rings is 2. The smallest absolute Gasteiger partial charge is 0.177 e. The van der Waals surface area contributed by atoms with Crippen molar-refractivity contribution in [3.05, 3.63) is 77.4 Å². The van der Waals surface area contributed by atoms with E-state index in [4.69, 9.17) is 0 Å². The maximum absolute atomic E-state index is 13.4. The fraction of sp³-hybridized carbons (Fsp3) is 0.158. The van der Waals surface area contributed by atoms with Crippen LogP contribution >= 0.6 is 0 Å². The first-order valence-corrected chi connectivity index (χ1v) is 9.77. The highest BCUT2D eigenvalue weighted by Gasteiger charge is 2.16. The van der Waals surface area contributed by atoms with Crippen LogP contribution in [-0.4, -0.2) is 30.2 Å². The molecule has 1 aromatic heterocycles. The fourth-order valence-electron chi connectivity index (χ4n) is 2.72. The summed E-state index contributed by atoms with van der Waals surface area (Å²) in [5.41, 5.74) is 2.05. The fourth-order valence-corrected chi connectivity index (χ4v) is 3.59. The van der Waals surface area contributed by atoms with Gasteiger partial charge in [-0.1, -0.05) is 18.2 Å². The minimum absolute atomic E-state index is 0.0470. The number of carbonyl (C=O) groups is 1. The number of ketones is 1. The molecule has 0 aliphatic rings. The molecule has 0 bridgehead atoms. The molecule has 7 heteroatoms. The monoisotopic (exact) mass is 372 g/mol. The average molecular weight is 372 g/mol. The predicted octanol–water partition coefficient (Wildman–Crippen LogP) is 3.15. The summed E-state index contributed by atoms with van der Waals surface area (Å²) >= 11 is 0. The van der Waals surface area contributed by atoms with Crippen molar-refractivity contribution in [3.8, 4) is 5.69 Å². The first-order chi connectivity index (χ1) is 12.3. The number of aromatic nitrogens is 2. The predicted molar refractivity (Wildman–Crippen MR) is 95.8 cm³/mol. The number of rotatable bonds is 5. The summed E-state index contributed by atoms with van der Waals surface area (Å²) in [4.78, 5) is 12.6. The second-order valence-electron chi connectivity index (χ2n) is 6.09. The van der Waals surface area contributed by atoms with Gasteiger partial charge in [0.25, 0.3) is 0 Å². The van der Waals surface area contributed by atoms with Gasteiger partial charge < -0.3 is 0 Å². The molecular formula is C19H17FN2O3S. The van der Waals surface area contributed by atoms with Gasteiger partial charge >= 0.3 is 0 Å². The molecule has 0 saturated carbocycles. The zero-order valence-corrected chi connectivity index (χ0v) is 15.1. The Balaban J connectivity index is 1.90. The first-order valence-electron chi connectivity index (χ1n) is 7.88. The van der Waals surface area contributed by atoms with Crippen LogP contribution in [-0.2, 0) is 16.3 Å². The number of halogens is 1. The molecule has 3 aromatic rings. The summed E-state index contributed by atoms with van der Waals surface area (Å²) in [6, 6.07) is 10.6. The van der Waals surface area contributed by atoms with Crippen molar-refractivity contribution in [2.24, 2.45) is 0 Å². The van der Waals surface area contributed by atoms with Crippen molar-refractivity contribution in [1.29, 1.82) is 0 Å². The van der Waals surface area contributed by atoms with Gasteiger partial charge in [0.15, 0.2) is 15.6 Å². The summed E-state index contributed by atoms with van der Waals surface area (Å²) in [7, 11) is -3.42. The van der Waals surface area contributed by atoms with E-state index in [1.807, 2.05) is 0 Å². The number of hydrogen-bond acceptors (Lipinski definition) is 4. The zero-order chi connectivity index (χ0) is 18.9. The second kappa shape index (κ2) is 6.84. The third-order valence-electron chi connectivity index (χ3n) is 4.01. The van der Waals surface area contributed by atoms with E-state index in [2.05, 4.69) is 5.10 Å². The Morgan fingerprint density at radius 3 is 2.65 bits per heavy atom. The standard InChI is InChI=1S/C19H17FN2O3S/c1-13-7-8-15(20)10-16(13)18(23)9-14-11-21-22(12-14)17-5-3-4-6-19(17)26(2,24)25/h3-8,10-12H,9H2,1-2H3. The normalized spacial score (nSPS) is 11.5. The zero-order valence-electron chi connectivity index (χ0n) is 14.3. The van der Waals surface area contributed by atoms with Crippen molar-refractivity contribution < 1.29 is 17.6 Å². The van der Waals surface area contributed by atoms with Crippen LogP contribution in [0.5, 0.6) is 0 Å². The first kappa shape index (κ1) is 18.0. The summed E-state index contributed by atoms with van der Waals surface area (Å²) in [6.07, 6.45) is 4.29. The molecule has 0 saturated heterocycles. The molecule has 5 nitrogen and oxygen atoms in total. The summed E-state index contributed by atoms with van der Waals surface area (Å²) in [6.45, 7) is 1.75. The lowest BCUT2D eigenvalue weighted by atomic mass is 10.0. The lowest BCUT2D eigenvalue weighted by molar-refractivity contribution is 0.0992. The Hall–Kier alpha value is -2.80. The van der Waals surface area contributed by atoms with Gasteiger partial charge in [0, 0.05) is 24.4 Å². The molecule has 2 aromatic carbocycles. The highest BCUT2D eigenvalue weighted by atomic mass is 32.2. The molecule has 0 spiro atoms. The average Bonchev–Trinajstić information content (AvgIpc) is 3.04. The van der Waals surface area contributed by atoms with Crippen LogP contribution in [0.1, 0.15) is 21.5 Å². The van der Waals surface area contributed by atoms with Gasteiger partial charge in [-0.05, 0) is 42.3 Å². The van der Waals surface area contributed by atoms with Gasteiger partial charge in [-0.2, -0.15) is 5.10 Å². The van der Waals surface area contributed by atoms with E-state index in [0.29, 0.717) is 22.4 Å². The molecule has 134 valence electrons. The molecule has 0 fully saturated rings. The van der Waals surface area contributed by atoms with Gasteiger partial charge in [0.2, 0.25) is 0 Å². The van der Waals surface area contributed by atoms with E-state index in [-0.39, 0.29) is 17.1 Å². The highest BCUT2D eigenvalue weighted by Crippen LogP contribution is 2.20. The Bertz CT molecular complexity index is 1090. The van der Waals surface area contributed by atoms with Gasteiger partial charge in [0.1, 0.15) is 5.82 Å². The number of nitrogens with zero attached hydrogens (tertiary/aromatic N) is 2. The van der Waals surface area contributed by atoms with Gasteiger partial charge in [-0.25, -0.2) is 17.5 Å². The van der Waals surface area contributed by atoms with Crippen LogP contribution in [0.3, 0.4) is 0 Å². The molecule has 0 unspecified atom stereocenters. The number of para-hydroxylation sites is 1. The van der Waals surface area contributed by atoms with Crippen molar-refractivity contribution in [3.63, 3.8) is 0 Å². The summed E-state index contributed by atoms with van der Waals surface area (Å²) in [5, 5.41) is 4.17.